The van der Waals surface area contributed by atoms with Gasteiger partial charge in [0.15, 0.2) is 5.78 Å². The maximum atomic E-state index is 12.5. The van der Waals surface area contributed by atoms with Gasteiger partial charge in [-0.2, -0.15) is 0 Å². The summed E-state index contributed by atoms with van der Waals surface area (Å²) in [7, 11) is 1.66. The fourth-order valence-corrected chi connectivity index (χ4v) is 3.48. The summed E-state index contributed by atoms with van der Waals surface area (Å²) in [5.41, 5.74) is 4.45. The molecule has 2 aromatic rings. The van der Waals surface area contributed by atoms with Gasteiger partial charge in [0.25, 0.3) is 0 Å². The molecule has 118 valence electrons. The molecule has 0 spiro atoms. The lowest BCUT2D eigenvalue weighted by Crippen LogP contribution is -2.19. The van der Waals surface area contributed by atoms with Crippen LogP contribution in [0, 0.1) is 11.8 Å². The zero-order chi connectivity index (χ0) is 16.5. The maximum absolute atomic E-state index is 12.5. The van der Waals surface area contributed by atoms with Crippen LogP contribution in [0.5, 0.6) is 5.75 Å². The van der Waals surface area contributed by atoms with Crippen LogP contribution in [0.3, 0.4) is 0 Å². The number of carbonyl (C=O) groups excluding carboxylic acids is 1. The molecule has 2 bridgehead atoms. The van der Waals surface area contributed by atoms with Gasteiger partial charge in [0.2, 0.25) is 0 Å². The van der Waals surface area contributed by atoms with Crippen LogP contribution in [0.15, 0.2) is 78.4 Å². The van der Waals surface area contributed by atoms with Crippen molar-refractivity contribution in [3.8, 4) is 5.75 Å². The Morgan fingerprint density at radius 3 is 2.33 bits per heavy atom. The number of rotatable bonds is 3. The zero-order valence-corrected chi connectivity index (χ0v) is 13.5. The van der Waals surface area contributed by atoms with E-state index in [2.05, 4.69) is 24.3 Å². The van der Waals surface area contributed by atoms with Gasteiger partial charge in [-0.3, -0.25) is 4.79 Å². The highest BCUT2D eigenvalue weighted by molar-refractivity contribution is 6.06. The van der Waals surface area contributed by atoms with Crippen LogP contribution in [0.1, 0.15) is 11.1 Å². The number of methoxy groups -OCH3 is 1. The molecular weight excluding hydrogens is 296 g/mol. The second-order valence-corrected chi connectivity index (χ2v) is 6.13. The molecule has 2 atom stereocenters. The average Bonchev–Trinajstić information content (AvgIpc) is 2.95. The molecule has 0 aliphatic heterocycles. The Morgan fingerprint density at radius 1 is 0.917 bits per heavy atom. The number of carbonyl (C=O) groups is 1. The molecule has 0 unspecified atom stereocenters. The third kappa shape index (κ3) is 2.50. The van der Waals surface area contributed by atoms with E-state index < -0.39 is 0 Å². The molecule has 0 amide bonds. The van der Waals surface area contributed by atoms with Crippen molar-refractivity contribution in [1.82, 2.24) is 0 Å². The molecule has 4 rings (SSSR count). The molecule has 0 aromatic heterocycles. The molecule has 24 heavy (non-hydrogen) atoms. The largest absolute Gasteiger partial charge is 0.497 e. The van der Waals surface area contributed by atoms with E-state index in [1.165, 1.54) is 0 Å². The number of hydrogen-bond acceptors (Lipinski definition) is 2. The summed E-state index contributed by atoms with van der Waals surface area (Å²) in [4.78, 5) is 12.5. The minimum absolute atomic E-state index is 0.121. The molecule has 0 radical (unpaired) electrons. The van der Waals surface area contributed by atoms with Crippen LogP contribution < -0.4 is 4.74 Å². The number of benzene rings is 2. The van der Waals surface area contributed by atoms with E-state index in [0.29, 0.717) is 0 Å². The Morgan fingerprint density at radius 2 is 1.62 bits per heavy atom. The van der Waals surface area contributed by atoms with Crippen molar-refractivity contribution < 1.29 is 9.53 Å². The third-order valence-corrected chi connectivity index (χ3v) is 4.71. The van der Waals surface area contributed by atoms with Crippen molar-refractivity contribution in [3.63, 3.8) is 0 Å². The topological polar surface area (TPSA) is 26.3 Å². The predicted octanol–water partition coefficient (Wildman–Crippen LogP) is 4.55. The standard InChI is InChI=1S/C22H18O2/c1-24-17-9-7-15(8-10-17)13-21-18-11-12-19(21)22(23)14-20(18)16-5-3-2-4-6-16/h2-14,18-19H,1H3/b21-13+/t18-,19-/m1/s1. The monoisotopic (exact) mass is 314 g/mol. The second kappa shape index (κ2) is 5.97. The van der Waals surface area contributed by atoms with Gasteiger partial charge in [0, 0.05) is 5.92 Å². The zero-order valence-electron chi connectivity index (χ0n) is 13.5. The Bertz CT molecular complexity index is 855. The molecule has 2 aromatic carbocycles. The highest BCUT2D eigenvalue weighted by Gasteiger charge is 2.36. The Balaban J connectivity index is 1.74. The van der Waals surface area contributed by atoms with Gasteiger partial charge < -0.3 is 4.74 Å². The summed E-state index contributed by atoms with van der Waals surface area (Å²) in [5.74, 6) is 1.06. The third-order valence-electron chi connectivity index (χ3n) is 4.71. The summed E-state index contributed by atoms with van der Waals surface area (Å²) in [6.07, 6.45) is 8.15. The predicted molar refractivity (Wildman–Crippen MR) is 96.5 cm³/mol. The lowest BCUT2D eigenvalue weighted by atomic mass is 9.78. The SMILES string of the molecule is COc1ccc(/C=C2\[C@@H]3C=C[C@H]2C(=O)C=C3c2ccccc2)cc1. The summed E-state index contributed by atoms with van der Waals surface area (Å²) < 4.78 is 5.21. The highest BCUT2D eigenvalue weighted by Crippen LogP contribution is 2.44. The minimum Gasteiger partial charge on any atom is -0.497 e. The number of ketones is 1. The van der Waals surface area contributed by atoms with Gasteiger partial charge in [-0.1, -0.05) is 60.7 Å². The van der Waals surface area contributed by atoms with Crippen LogP contribution in [0.2, 0.25) is 0 Å². The van der Waals surface area contributed by atoms with Crippen LogP contribution in [-0.2, 0) is 4.79 Å². The lowest BCUT2D eigenvalue weighted by molar-refractivity contribution is -0.116. The van der Waals surface area contributed by atoms with Gasteiger partial charge in [0.1, 0.15) is 5.75 Å². The van der Waals surface area contributed by atoms with Crippen molar-refractivity contribution in [2.75, 3.05) is 7.11 Å². The van der Waals surface area contributed by atoms with Gasteiger partial charge >= 0.3 is 0 Å². The molecule has 2 aliphatic carbocycles. The molecule has 0 saturated carbocycles. The molecule has 2 aliphatic rings. The van der Waals surface area contributed by atoms with Gasteiger partial charge in [-0.25, -0.2) is 0 Å². The van der Waals surface area contributed by atoms with Gasteiger partial charge in [-0.05, 0) is 40.5 Å². The summed E-state index contributed by atoms with van der Waals surface area (Å²) in [6, 6.07) is 18.1. The Kier molecular flexibility index (Phi) is 3.66. The van der Waals surface area contributed by atoms with Gasteiger partial charge in [-0.15, -0.1) is 0 Å². The number of ether oxygens (including phenoxy) is 1. The van der Waals surface area contributed by atoms with Crippen LogP contribution in [0.4, 0.5) is 0 Å². The molecule has 2 nitrogen and oxygen atoms in total. The fourth-order valence-electron chi connectivity index (χ4n) is 3.48. The number of allylic oxidation sites excluding steroid dienone is 5. The Labute approximate surface area is 141 Å². The van der Waals surface area contributed by atoms with Crippen LogP contribution >= 0.6 is 0 Å². The van der Waals surface area contributed by atoms with Crippen molar-refractivity contribution >= 4 is 17.4 Å². The first-order valence-electron chi connectivity index (χ1n) is 8.11. The normalized spacial score (nSPS) is 23.5. The first-order valence-corrected chi connectivity index (χ1v) is 8.11. The van der Waals surface area contributed by atoms with Crippen molar-refractivity contribution in [2.24, 2.45) is 11.8 Å². The smallest absolute Gasteiger partial charge is 0.166 e. The van der Waals surface area contributed by atoms with Crippen LogP contribution in [0.25, 0.3) is 11.6 Å². The van der Waals surface area contributed by atoms with E-state index in [1.807, 2.05) is 54.6 Å². The van der Waals surface area contributed by atoms with E-state index in [-0.39, 0.29) is 17.6 Å². The molecule has 2 heteroatoms. The number of hydrogen-bond donors (Lipinski definition) is 0. The quantitative estimate of drug-likeness (QED) is 0.777. The van der Waals surface area contributed by atoms with E-state index in [0.717, 1.165) is 28.0 Å². The van der Waals surface area contributed by atoms with Crippen molar-refractivity contribution in [2.45, 2.75) is 0 Å². The van der Waals surface area contributed by atoms with E-state index in [9.17, 15) is 4.79 Å². The highest BCUT2D eigenvalue weighted by atomic mass is 16.5. The van der Waals surface area contributed by atoms with E-state index in [4.69, 9.17) is 4.74 Å². The molecule has 0 fully saturated rings. The summed E-state index contributed by atoms with van der Waals surface area (Å²) in [6.45, 7) is 0. The van der Waals surface area contributed by atoms with Crippen molar-refractivity contribution in [3.05, 3.63) is 89.5 Å². The lowest BCUT2D eigenvalue weighted by Gasteiger charge is -2.24. The molecule has 0 saturated heterocycles. The molecule has 0 heterocycles. The average molecular weight is 314 g/mol. The Hall–Kier alpha value is -2.87. The molecular formula is C22H18O2. The number of fused-ring (bicyclic) bond motifs is 2. The van der Waals surface area contributed by atoms with E-state index in [1.54, 1.807) is 7.11 Å². The maximum Gasteiger partial charge on any atom is 0.166 e. The first kappa shape index (κ1) is 14.7. The fraction of sp³-hybridized carbons (Fsp3) is 0.136. The van der Waals surface area contributed by atoms with Crippen molar-refractivity contribution in [1.29, 1.82) is 0 Å². The minimum atomic E-state index is -0.121. The van der Waals surface area contributed by atoms with Gasteiger partial charge in [0.05, 0.1) is 13.0 Å². The van der Waals surface area contributed by atoms with Crippen LogP contribution in [-0.4, -0.2) is 12.9 Å². The van der Waals surface area contributed by atoms with E-state index >= 15 is 0 Å². The molecule has 0 N–H and O–H groups in total. The second-order valence-electron chi connectivity index (χ2n) is 6.13. The summed E-state index contributed by atoms with van der Waals surface area (Å²) >= 11 is 0. The summed E-state index contributed by atoms with van der Waals surface area (Å²) in [5, 5.41) is 0. The first-order chi connectivity index (χ1) is 11.8.